The first-order valence-corrected chi connectivity index (χ1v) is 2.64. The largest absolute Gasteiger partial charge is 0.491 e. The monoisotopic (exact) mass is 140 g/mol. The summed E-state index contributed by atoms with van der Waals surface area (Å²) < 4.78 is 4.59. The fourth-order valence-electron chi connectivity index (χ4n) is 0.566. The van der Waals surface area contributed by atoms with E-state index in [4.69, 9.17) is 10.0 Å². The number of aldehydes is 1. The molecule has 0 amide bonds. The zero-order chi connectivity index (χ0) is 7.56. The SMILES string of the molecule is O=Cc1cc(B(O)O)co1. The average molecular weight is 140 g/mol. The number of carbonyl (C=O) groups is 1. The lowest BCUT2D eigenvalue weighted by Gasteiger charge is -1.86. The molecule has 1 heterocycles. The summed E-state index contributed by atoms with van der Waals surface area (Å²) in [7, 11) is -1.57. The predicted octanol–water partition coefficient (Wildman–Crippen LogP) is -1.23. The van der Waals surface area contributed by atoms with Gasteiger partial charge in [0.15, 0.2) is 12.0 Å². The number of hydrogen-bond donors (Lipinski definition) is 2. The van der Waals surface area contributed by atoms with Crippen LogP contribution in [0.5, 0.6) is 0 Å². The van der Waals surface area contributed by atoms with Crippen molar-refractivity contribution in [3.05, 3.63) is 18.1 Å². The van der Waals surface area contributed by atoms with Crippen LogP contribution in [0.3, 0.4) is 0 Å². The highest BCUT2D eigenvalue weighted by Gasteiger charge is 2.13. The van der Waals surface area contributed by atoms with Gasteiger partial charge in [0.05, 0.1) is 6.26 Å². The summed E-state index contributed by atoms with van der Waals surface area (Å²) in [5.41, 5.74) is 0.183. The van der Waals surface area contributed by atoms with Crippen molar-refractivity contribution in [2.45, 2.75) is 0 Å². The van der Waals surface area contributed by atoms with E-state index in [2.05, 4.69) is 4.42 Å². The molecular formula is C5H5BO4. The third-order valence-corrected chi connectivity index (χ3v) is 1.05. The maximum atomic E-state index is 9.99. The van der Waals surface area contributed by atoms with Crippen molar-refractivity contribution in [2.75, 3.05) is 0 Å². The van der Waals surface area contributed by atoms with E-state index in [1.807, 2.05) is 0 Å². The van der Waals surface area contributed by atoms with Crippen molar-refractivity contribution >= 4 is 18.9 Å². The second-order valence-electron chi connectivity index (χ2n) is 1.77. The van der Waals surface area contributed by atoms with Crippen LogP contribution in [0.4, 0.5) is 0 Å². The molecule has 5 heteroatoms. The van der Waals surface area contributed by atoms with E-state index in [0.717, 1.165) is 6.26 Å². The van der Waals surface area contributed by atoms with Crippen molar-refractivity contribution in [3.8, 4) is 0 Å². The van der Waals surface area contributed by atoms with Crippen LogP contribution in [0.2, 0.25) is 0 Å². The van der Waals surface area contributed by atoms with Gasteiger partial charge in [-0.15, -0.1) is 0 Å². The first-order valence-electron chi connectivity index (χ1n) is 2.64. The average Bonchev–Trinajstić information content (AvgIpc) is 2.34. The third kappa shape index (κ3) is 1.26. The zero-order valence-electron chi connectivity index (χ0n) is 5.02. The summed E-state index contributed by atoms with van der Waals surface area (Å²) >= 11 is 0. The second-order valence-corrected chi connectivity index (χ2v) is 1.77. The molecule has 0 aliphatic heterocycles. The Bertz CT molecular complexity index is 229. The smallest absolute Gasteiger partial charge is 0.462 e. The quantitative estimate of drug-likeness (QED) is 0.398. The Morgan fingerprint density at radius 3 is 2.60 bits per heavy atom. The lowest BCUT2D eigenvalue weighted by atomic mass is 9.83. The van der Waals surface area contributed by atoms with E-state index < -0.39 is 7.12 Å². The molecule has 0 fully saturated rings. The van der Waals surface area contributed by atoms with Crippen LogP contribution in [-0.4, -0.2) is 23.5 Å². The summed E-state index contributed by atoms with van der Waals surface area (Å²) in [6.45, 7) is 0. The van der Waals surface area contributed by atoms with Gasteiger partial charge in [0.2, 0.25) is 0 Å². The van der Waals surface area contributed by atoms with Gasteiger partial charge < -0.3 is 14.5 Å². The normalized spacial score (nSPS) is 9.40. The van der Waals surface area contributed by atoms with Gasteiger partial charge in [-0.2, -0.15) is 0 Å². The molecule has 52 valence electrons. The van der Waals surface area contributed by atoms with Crippen molar-refractivity contribution in [3.63, 3.8) is 0 Å². The van der Waals surface area contributed by atoms with Crippen molar-refractivity contribution in [2.24, 2.45) is 0 Å². The number of hydrogen-bond acceptors (Lipinski definition) is 4. The predicted molar refractivity (Wildman–Crippen MR) is 33.9 cm³/mol. The van der Waals surface area contributed by atoms with Crippen LogP contribution in [0.1, 0.15) is 10.6 Å². The minimum absolute atomic E-state index is 0.0862. The maximum absolute atomic E-state index is 9.99. The lowest BCUT2D eigenvalue weighted by molar-refractivity contribution is 0.110. The molecule has 10 heavy (non-hydrogen) atoms. The van der Waals surface area contributed by atoms with Crippen LogP contribution >= 0.6 is 0 Å². The van der Waals surface area contributed by atoms with Gasteiger partial charge in [-0.25, -0.2) is 0 Å². The van der Waals surface area contributed by atoms with E-state index in [1.165, 1.54) is 6.07 Å². The highest BCUT2D eigenvalue weighted by Crippen LogP contribution is 1.93. The highest BCUT2D eigenvalue weighted by atomic mass is 16.4. The summed E-state index contributed by atoms with van der Waals surface area (Å²) in [6, 6.07) is 1.26. The van der Waals surface area contributed by atoms with Gasteiger partial charge >= 0.3 is 7.12 Å². The molecule has 0 aliphatic carbocycles. The minimum Gasteiger partial charge on any atom is -0.462 e. The molecule has 1 rings (SSSR count). The van der Waals surface area contributed by atoms with Crippen LogP contribution in [0.15, 0.2) is 16.7 Å². The molecule has 2 N–H and O–H groups in total. The Morgan fingerprint density at radius 1 is 1.60 bits per heavy atom. The fraction of sp³-hybridized carbons (Fsp3) is 0. The first-order chi connectivity index (χ1) is 4.74. The minimum atomic E-state index is -1.57. The standard InChI is InChI=1S/C5H5BO4/c7-2-5-1-4(3-10-5)6(8)9/h1-3,8-9H. The van der Waals surface area contributed by atoms with Crippen LogP contribution in [0.25, 0.3) is 0 Å². The molecule has 0 saturated carbocycles. The van der Waals surface area contributed by atoms with E-state index in [9.17, 15) is 4.79 Å². The summed E-state index contributed by atoms with van der Waals surface area (Å²) in [6.07, 6.45) is 1.61. The van der Waals surface area contributed by atoms with E-state index in [1.54, 1.807) is 0 Å². The number of carbonyl (C=O) groups excluding carboxylic acids is 1. The Morgan fingerprint density at radius 2 is 2.30 bits per heavy atom. The third-order valence-electron chi connectivity index (χ3n) is 1.05. The molecule has 0 aromatic carbocycles. The van der Waals surface area contributed by atoms with Gasteiger partial charge in [0.1, 0.15) is 0 Å². The molecular weight excluding hydrogens is 135 g/mol. The highest BCUT2D eigenvalue weighted by molar-refractivity contribution is 6.58. The maximum Gasteiger partial charge on any atom is 0.491 e. The summed E-state index contributed by atoms with van der Waals surface area (Å²) in [4.78, 5) is 9.99. The Balaban J connectivity index is 2.88. The molecule has 1 aromatic heterocycles. The Hall–Kier alpha value is -1.07. The van der Waals surface area contributed by atoms with Crippen molar-refractivity contribution in [1.29, 1.82) is 0 Å². The molecule has 0 spiro atoms. The van der Waals surface area contributed by atoms with E-state index in [-0.39, 0.29) is 11.2 Å². The van der Waals surface area contributed by atoms with Crippen LogP contribution in [-0.2, 0) is 0 Å². The second kappa shape index (κ2) is 2.68. The molecule has 1 aromatic rings. The first kappa shape index (κ1) is 7.05. The van der Waals surface area contributed by atoms with Crippen LogP contribution < -0.4 is 5.46 Å². The van der Waals surface area contributed by atoms with Gasteiger partial charge in [0.25, 0.3) is 0 Å². The van der Waals surface area contributed by atoms with Gasteiger partial charge in [-0.05, 0) is 6.07 Å². The zero-order valence-corrected chi connectivity index (χ0v) is 5.02. The molecule has 0 radical (unpaired) electrons. The summed E-state index contributed by atoms with van der Waals surface area (Å²) in [5.74, 6) is 0.0862. The summed E-state index contributed by atoms with van der Waals surface area (Å²) in [5, 5.41) is 17.0. The lowest BCUT2D eigenvalue weighted by Crippen LogP contribution is -2.27. The van der Waals surface area contributed by atoms with E-state index in [0.29, 0.717) is 6.29 Å². The van der Waals surface area contributed by atoms with Crippen LogP contribution in [0, 0.1) is 0 Å². The topological polar surface area (TPSA) is 70.7 Å². The molecule has 0 saturated heterocycles. The van der Waals surface area contributed by atoms with Crippen molar-refractivity contribution in [1.82, 2.24) is 0 Å². The Kier molecular flexibility index (Phi) is 1.89. The Labute approximate surface area is 57.2 Å². The molecule has 4 nitrogen and oxygen atoms in total. The molecule has 0 atom stereocenters. The molecule has 0 aliphatic rings. The molecule has 0 unspecified atom stereocenters. The van der Waals surface area contributed by atoms with Gasteiger partial charge in [-0.1, -0.05) is 0 Å². The van der Waals surface area contributed by atoms with Gasteiger partial charge in [-0.3, -0.25) is 4.79 Å². The van der Waals surface area contributed by atoms with Gasteiger partial charge in [0, 0.05) is 5.46 Å². The number of furan rings is 1. The number of rotatable bonds is 2. The molecule has 0 bridgehead atoms. The fourth-order valence-corrected chi connectivity index (χ4v) is 0.566. The van der Waals surface area contributed by atoms with E-state index >= 15 is 0 Å². The van der Waals surface area contributed by atoms with Crippen molar-refractivity contribution < 1.29 is 19.3 Å².